The number of aryl methyl sites for hydroxylation is 1. The minimum Gasteiger partial charge on any atom is -0.353 e. The van der Waals surface area contributed by atoms with Gasteiger partial charge >= 0.3 is 6.03 Å². The van der Waals surface area contributed by atoms with E-state index in [0.29, 0.717) is 17.0 Å². The molecule has 1 aromatic carbocycles. The summed E-state index contributed by atoms with van der Waals surface area (Å²) in [5, 5.41) is 14.6. The van der Waals surface area contributed by atoms with E-state index in [1.165, 1.54) is 6.07 Å². The van der Waals surface area contributed by atoms with Gasteiger partial charge in [0.1, 0.15) is 5.82 Å². The van der Waals surface area contributed by atoms with Crippen molar-refractivity contribution >= 4 is 23.4 Å². The van der Waals surface area contributed by atoms with Crippen LogP contribution >= 0.6 is 11.6 Å². The topological polar surface area (TPSA) is 70.2 Å². The number of carbonyl (C=O) groups excluding carboxylic acids is 1. The van der Waals surface area contributed by atoms with E-state index in [9.17, 15) is 9.18 Å². The van der Waals surface area contributed by atoms with Crippen LogP contribution in [-0.2, 0) is 6.42 Å². The number of hydrogen-bond donors (Lipinski definition) is 2. The highest BCUT2D eigenvalue weighted by Crippen LogP contribution is 2.35. The zero-order valence-corrected chi connectivity index (χ0v) is 17.1. The number of nitrogens with zero attached hydrogens (tertiary/aromatic N) is 3. The second-order valence-corrected chi connectivity index (χ2v) is 8.39. The fourth-order valence-electron chi connectivity index (χ4n) is 3.97. The van der Waals surface area contributed by atoms with Crippen molar-refractivity contribution in [1.29, 1.82) is 0 Å². The summed E-state index contributed by atoms with van der Waals surface area (Å²) in [6.45, 7) is 3.50. The van der Waals surface area contributed by atoms with Crippen LogP contribution in [0.5, 0.6) is 0 Å². The van der Waals surface area contributed by atoms with Crippen LogP contribution in [0.25, 0.3) is 0 Å². The molecule has 2 fully saturated rings. The zero-order valence-electron chi connectivity index (χ0n) is 16.4. The highest BCUT2D eigenvalue weighted by molar-refractivity contribution is 6.31. The molecule has 2 heterocycles. The van der Waals surface area contributed by atoms with E-state index in [2.05, 4.69) is 25.7 Å². The molecule has 29 heavy (non-hydrogen) atoms. The average Bonchev–Trinajstić information content (AvgIpc) is 3.44. The fraction of sp³-hybridized carbons (Fsp3) is 0.476. The maximum absolute atomic E-state index is 14.1. The van der Waals surface area contributed by atoms with Crippen LogP contribution in [0.4, 0.5) is 15.0 Å². The molecule has 1 saturated heterocycles. The van der Waals surface area contributed by atoms with Gasteiger partial charge in [0.25, 0.3) is 0 Å². The van der Waals surface area contributed by atoms with Crippen molar-refractivity contribution in [2.24, 2.45) is 5.92 Å². The third-order valence-corrected chi connectivity index (χ3v) is 6.09. The number of piperidine rings is 1. The Labute approximate surface area is 174 Å². The molecule has 0 radical (unpaired) electrons. The molecule has 3 atom stereocenters. The summed E-state index contributed by atoms with van der Waals surface area (Å²) in [5.74, 6) is 0.822. The smallest absolute Gasteiger partial charge is 0.315 e. The normalized spacial score (nSPS) is 23.6. The van der Waals surface area contributed by atoms with Crippen molar-refractivity contribution in [2.45, 2.75) is 44.7 Å². The lowest BCUT2D eigenvalue weighted by Gasteiger charge is -2.33. The molecule has 0 spiro atoms. The average molecular weight is 418 g/mol. The van der Waals surface area contributed by atoms with Crippen molar-refractivity contribution < 1.29 is 9.18 Å². The van der Waals surface area contributed by atoms with E-state index in [-0.39, 0.29) is 29.8 Å². The Bertz CT molecular complexity index is 881. The number of aromatic nitrogens is 2. The van der Waals surface area contributed by atoms with Gasteiger partial charge < -0.3 is 15.5 Å². The molecule has 2 unspecified atom stereocenters. The molecule has 2 amide bonds. The largest absolute Gasteiger partial charge is 0.353 e. The number of halogens is 2. The van der Waals surface area contributed by atoms with Crippen molar-refractivity contribution in [2.75, 3.05) is 18.0 Å². The van der Waals surface area contributed by atoms with Crippen LogP contribution < -0.4 is 15.5 Å². The van der Waals surface area contributed by atoms with Crippen LogP contribution in [-0.4, -0.2) is 41.4 Å². The van der Waals surface area contributed by atoms with Gasteiger partial charge in [-0.15, -0.1) is 5.10 Å². The third kappa shape index (κ3) is 4.96. The van der Waals surface area contributed by atoms with Crippen molar-refractivity contribution in [3.05, 3.63) is 52.4 Å². The third-order valence-electron chi connectivity index (χ3n) is 5.69. The first-order valence-corrected chi connectivity index (χ1v) is 10.4. The van der Waals surface area contributed by atoms with Gasteiger partial charge in [-0.25, -0.2) is 9.18 Å². The first-order valence-electron chi connectivity index (χ1n) is 10.0. The lowest BCUT2D eigenvalue weighted by Crippen LogP contribution is -2.51. The van der Waals surface area contributed by atoms with Crippen LogP contribution in [0.2, 0.25) is 5.02 Å². The van der Waals surface area contributed by atoms with E-state index in [0.717, 1.165) is 43.7 Å². The Hall–Kier alpha value is -2.41. The van der Waals surface area contributed by atoms with Crippen molar-refractivity contribution in [3.8, 4) is 0 Å². The van der Waals surface area contributed by atoms with Gasteiger partial charge in [0, 0.05) is 36.4 Å². The number of nitrogens with one attached hydrogen (secondary N) is 2. The van der Waals surface area contributed by atoms with Crippen molar-refractivity contribution in [3.63, 3.8) is 0 Å². The number of amides is 2. The molecule has 2 N–H and O–H groups in total. The molecule has 8 heteroatoms. The van der Waals surface area contributed by atoms with Crippen LogP contribution in [0.15, 0.2) is 30.5 Å². The highest BCUT2D eigenvalue weighted by atomic mass is 35.5. The SMILES string of the molecule is Cc1cc(C[C@H]2CC2NC(=O)NC2CCCN(c3cccnn3)C2)c(F)cc1Cl. The van der Waals surface area contributed by atoms with E-state index in [1.807, 2.05) is 19.1 Å². The zero-order chi connectivity index (χ0) is 20.4. The van der Waals surface area contributed by atoms with E-state index < -0.39 is 0 Å². The van der Waals surface area contributed by atoms with Gasteiger partial charge in [-0.05, 0) is 67.9 Å². The molecular weight excluding hydrogens is 393 g/mol. The molecule has 1 saturated carbocycles. The number of rotatable bonds is 5. The first-order chi connectivity index (χ1) is 14.0. The van der Waals surface area contributed by atoms with E-state index in [4.69, 9.17) is 11.6 Å². The molecule has 1 aliphatic heterocycles. The molecule has 1 aromatic heterocycles. The minimum absolute atomic E-state index is 0.0688. The molecule has 154 valence electrons. The monoisotopic (exact) mass is 417 g/mol. The molecule has 2 aromatic rings. The van der Waals surface area contributed by atoms with Gasteiger partial charge in [0.05, 0.1) is 0 Å². The molecule has 0 bridgehead atoms. The Balaban J connectivity index is 1.25. The number of anilines is 1. The van der Waals surface area contributed by atoms with E-state index >= 15 is 0 Å². The van der Waals surface area contributed by atoms with Gasteiger partial charge in [0.15, 0.2) is 5.82 Å². The standard InChI is InChI=1S/C21H25ClFN5O/c1-13-8-14(18(23)11-17(13)22)9-15-10-19(15)26-21(29)25-16-4-3-7-28(12-16)20-5-2-6-24-27-20/h2,5-6,8,11,15-16,19H,3-4,7,9-10,12H2,1H3,(H2,25,26,29)/t15-,16?,19?/m0/s1. The lowest BCUT2D eigenvalue weighted by molar-refractivity contribution is 0.234. The quantitative estimate of drug-likeness (QED) is 0.781. The maximum atomic E-state index is 14.1. The molecule has 2 aliphatic rings. The number of hydrogen-bond acceptors (Lipinski definition) is 4. The van der Waals surface area contributed by atoms with Gasteiger partial charge in [-0.1, -0.05) is 17.7 Å². The van der Waals surface area contributed by atoms with Gasteiger partial charge in [-0.3, -0.25) is 0 Å². The second-order valence-electron chi connectivity index (χ2n) is 7.98. The Morgan fingerprint density at radius 3 is 3.03 bits per heavy atom. The summed E-state index contributed by atoms with van der Waals surface area (Å²) in [7, 11) is 0. The summed E-state index contributed by atoms with van der Waals surface area (Å²) >= 11 is 5.96. The summed E-state index contributed by atoms with van der Waals surface area (Å²) in [6.07, 6.45) is 5.06. The first kappa shape index (κ1) is 19.9. The minimum atomic E-state index is -0.276. The lowest BCUT2D eigenvalue weighted by atomic mass is 10.1. The number of urea groups is 1. The summed E-state index contributed by atoms with van der Waals surface area (Å²) in [6, 6.07) is 6.97. The molecule has 6 nitrogen and oxygen atoms in total. The van der Waals surface area contributed by atoms with Crippen LogP contribution in [0.3, 0.4) is 0 Å². The summed E-state index contributed by atoms with van der Waals surface area (Å²) in [4.78, 5) is 14.6. The van der Waals surface area contributed by atoms with E-state index in [1.54, 1.807) is 12.3 Å². The molecular formula is C21H25ClFN5O. The van der Waals surface area contributed by atoms with Gasteiger partial charge in [-0.2, -0.15) is 5.10 Å². The molecule has 4 rings (SSSR count). The highest BCUT2D eigenvalue weighted by Gasteiger charge is 2.39. The van der Waals surface area contributed by atoms with Crippen LogP contribution in [0, 0.1) is 18.7 Å². The molecule has 1 aliphatic carbocycles. The summed E-state index contributed by atoms with van der Waals surface area (Å²) < 4.78 is 14.1. The Morgan fingerprint density at radius 1 is 1.38 bits per heavy atom. The Kier molecular flexibility index (Phi) is 5.85. The predicted molar refractivity (Wildman–Crippen MR) is 111 cm³/mol. The maximum Gasteiger partial charge on any atom is 0.315 e. The van der Waals surface area contributed by atoms with Gasteiger partial charge in [0.2, 0.25) is 0 Å². The fourth-order valence-corrected chi connectivity index (χ4v) is 4.12. The summed E-state index contributed by atoms with van der Waals surface area (Å²) in [5.41, 5.74) is 1.53. The van der Waals surface area contributed by atoms with Crippen molar-refractivity contribution in [1.82, 2.24) is 20.8 Å². The van der Waals surface area contributed by atoms with Crippen LogP contribution in [0.1, 0.15) is 30.4 Å². The number of benzene rings is 1. The Morgan fingerprint density at radius 2 is 2.24 bits per heavy atom. The number of carbonyl (C=O) groups is 1. The second kappa shape index (κ2) is 8.53. The predicted octanol–water partition coefficient (Wildman–Crippen LogP) is 3.48.